The van der Waals surface area contributed by atoms with Gasteiger partial charge in [0.05, 0.1) is 19.3 Å². The van der Waals surface area contributed by atoms with Crippen LogP contribution in [0.25, 0.3) is 10.8 Å². The van der Waals surface area contributed by atoms with Gasteiger partial charge in [-0.15, -0.1) is 0 Å². The Hall–Kier alpha value is -2.45. The van der Waals surface area contributed by atoms with Gasteiger partial charge >= 0.3 is 0 Å². The Kier molecular flexibility index (Phi) is 4.14. The summed E-state index contributed by atoms with van der Waals surface area (Å²) < 4.78 is 5.75. The third-order valence-corrected chi connectivity index (χ3v) is 5.28. The van der Waals surface area contributed by atoms with Gasteiger partial charge in [-0.3, -0.25) is 9.78 Å². The predicted molar refractivity (Wildman–Crippen MR) is 93.6 cm³/mol. The topological polar surface area (TPSA) is 66.2 Å². The highest BCUT2D eigenvalue weighted by molar-refractivity contribution is 5.88. The minimum absolute atomic E-state index is 0.00918. The van der Waals surface area contributed by atoms with Crippen molar-refractivity contribution in [1.29, 1.82) is 5.26 Å². The maximum atomic E-state index is 12.7. The van der Waals surface area contributed by atoms with Gasteiger partial charge in [0.25, 0.3) is 0 Å². The second-order valence-electron chi connectivity index (χ2n) is 7.10. The molecule has 1 unspecified atom stereocenters. The number of benzene rings is 1. The van der Waals surface area contributed by atoms with E-state index in [1.54, 1.807) is 6.20 Å². The normalized spacial score (nSPS) is 22.2. The number of carbonyl (C=O) groups is 1. The van der Waals surface area contributed by atoms with Crippen LogP contribution in [0, 0.1) is 22.7 Å². The molecule has 1 aliphatic heterocycles. The molecule has 1 aliphatic carbocycles. The molecule has 2 aliphatic rings. The second kappa shape index (κ2) is 6.45. The number of nitrogens with zero attached hydrogens (tertiary/aromatic N) is 3. The van der Waals surface area contributed by atoms with Crippen molar-refractivity contribution in [2.45, 2.75) is 19.3 Å². The monoisotopic (exact) mass is 335 g/mol. The van der Waals surface area contributed by atoms with Crippen LogP contribution >= 0.6 is 0 Å². The Morgan fingerprint density at radius 2 is 2.28 bits per heavy atom. The molecule has 2 heterocycles. The van der Waals surface area contributed by atoms with Gasteiger partial charge in [-0.25, -0.2) is 0 Å². The summed E-state index contributed by atoms with van der Waals surface area (Å²) in [5, 5.41) is 11.6. The van der Waals surface area contributed by atoms with Crippen LogP contribution in [0.3, 0.4) is 0 Å². The lowest BCUT2D eigenvalue weighted by atomic mass is 9.95. The van der Waals surface area contributed by atoms with E-state index < -0.39 is 5.41 Å². The number of amides is 1. The first-order valence-corrected chi connectivity index (χ1v) is 8.82. The molecule has 0 N–H and O–H groups in total. The summed E-state index contributed by atoms with van der Waals surface area (Å²) in [6.45, 7) is 2.41. The van der Waals surface area contributed by atoms with Gasteiger partial charge in [0, 0.05) is 36.8 Å². The van der Waals surface area contributed by atoms with Gasteiger partial charge < -0.3 is 9.64 Å². The predicted octanol–water partition coefficient (Wildman–Crippen LogP) is 2.56. The Labute approximate surface area is 147 Å². The zero-order chi connectivity index (χ0) is 17.3. The number of carbonyl (C=O) groups excluding carboxylic acids is 1. The molecule has 2 aromatic rings. The lowest BCUT2D eigenvalue weighted by Gasteiger charge is -2.25. The molecular weight excluding hydrogens is 314 g/mol. The van der Waals surface area contributed by atoms with Crippen LogP contribution in [0.5, 0.6) is 0 Å². The molecule has 1 aromatic carbocycles. The number of hydrogen-bond donors (Lipinski definition) is 0. The van der Waals surface area contributed by atoms with Crippen molar-refractivity contribution in [2.24, 2.45) is 11.3 Å². The Bertz CT molecular complexity index is 833. The zero-order valence-electron chi connectivity index (χ0n) is 14.1. The standard InChI is InChI=1S/C20H21N3O2/c21-14-20(5-6-20)19(24)23-8-9-25-13-15(12-23)10-17-3-1-2-16-4-7-22-11-18(16)17/h1-4,7,11,15H,5-6,8-10,12-13H2. The van der Waals surface area contributed by atoms with E-state index in [1.807, 2.05) is 17.2 Å². The molecule has 0 spiro atoms. The maximum absolute atomic E-state index is 12.7. The summed E-state index contributed by atoms with van der Waals surface area (Å²) in [7, 11) is 0. The lowest BCUT2D eigenvalue weighted by molar-refractivity contribution is -0.135. The fraction of sp³-hybridized carbons (Fsp3) is 0.450. The fourth-order valence-electron chi connectivity index (χ4n) is 3.66. The van der Waals surface area contributed by atoms with Crippen LogP contribution in [-0.2, 0) is 16.0 Å². The number of aromatic nitrogens is 1. The van der Waals surface area contributed by atoms with Crippen molar-refractivity contribution < 1.29 is 9.53 Å². The van der Waals surface area contributed by atoms with Crippen LogP contribution < -0.4 is 0 Å². The van der Waals surface area contributed by atoms with Crippen molar-refractivity contribution in [1.82, 2.24) is 9.88 Å². The summed E-state index contributed by atoms with van der Waals surface area (Å²) >= 11 is 0. The van der Waals surface area contributed by atoms with Crippen molar-refractivity contribution in [3.63, 3.8) is 0 Å². The molecule has 0 bridgehead atoms. The summed E-state index contributed by atoms with van der Waals surface area (Å²) in [6.07, 6.45) is 5.93. The van der Waals surface area contributed by atoms with Gasteiger partial charge in [-0.1, -0.05) is 18.2 Å². The molecule has 1 saturated carbocycles. The van der Waals surface area contributed by atoms with E-state index in [0.29, 0.717) is 39.1 Å². The van der Waals surface area contributed by atoms with E-state index >= 15 is 0 Å². The van der Waals surface area contributed by atoms with E-state index in [9.17, 15) is 10.1 Å². The average molecular weight is 335 g/mol. The molecule has 2 fully saturated rings. The Morgan fingerprint density at radius 1 is 1.40 bits per heavy atom. The average Bonchev–Trinajstić information content (AvgIpc) is 3.46. The van der Waals surface area contributed by atoms with E-state index in [0.717, 1.165) is 11.8 Å². The van der Waals surface area contributed by atoms with E-state index in [1.165, 1.54) is 10.9 Å². The van der Waals surface area contributed by atoms with Gasteiger partial charge in [-0.05, 0) is 36.3 Å². The third kappa shape index (κ3) is 3.10. The molecule has 25 heavy (non-hydrogen) atoms. The third-order valence-electron chi connectivity index (χ3n) is 5.28. The van der Waals surface area contributed by atoms with Crippen LogP contribution in [-0.4, -0.2) is 42.1 Å². The van der Waals surface area contributed by atoms with E-state index in [2.05, 4.69) is 29.3 Å². The van der Waals surface area contributed by atoms with Crippen LogP contribution in [0.2, 0.25) is 0 Å². The van der Waals surface area contributed by atoms with E-state index in [-0.39, 0.29) is 11.8 Å². The molecule has 1 aromatic heterocycles. The van der Waals surface area contributed by atoms with Crippen molar-refractivity contribution in [2.75, 3.05) is 26.3 Å². The number of pyridine rings is 1. The molecule has 128 valence electrons. The van der Waals surface area contributed by atoms with Crippen LogP contribution in [0.15, 0.2) is 36.7 Å². The number of hydrogen-bond acceptors (Lipinski definition) is 4. The molecule has 0 radical (unpaired) electrons. The summed E-state index contributed by atoms with van der Waals surface area (Å²) in [5.41, 5.74) is 0.480. The number of rotatable bonds is 3. The van der Waals surface area contributed by atoms with E-state index in [4.69, 9.17) is 4.74 Å². The first kappa shape index (κ1) is 16.0. The van der Waals surface area contributed by atoms with Crippen molar-refractivity contribution in [3.05, 3.63) is 42.2 Å². The highest BCUT2D eigenvalue weighted by Crippen LogP contribution is 2.46. The quantitative estimate of drug-likeness (QED) is 0.864. The fourth-order valence-corrected chi connectivity index (χ4v) is 3.66. The summed E-state index contributed by atoms with van der Waals surface area (Å²) in [5.74, 6) is 0.219. The van der Waals surface area contributed by atoms with Gasteiger partial charge in [0.15, 0.2) is 0 Å². The number of fused-ring (bicyclic) bond motifs is 1. The Balaban J connectivity index is 1.53. The SMILES string of the molecule is N#CC1(C(=O)N2CCOCC(Cc3cccc4ccncc34)C2)CC1. The molecule has 1 atom stereocenters. The molecule has 5 nitrogen and oxygen atoms in total. The first-order chi connectivity index (χ1) is 12.2. The molecule has 1 saturated heterocycles. The molecule has 4 rings (SSSR count). The molecular formula is C20H21N3O2. The van der Waals surface area contributed by atoms with Crippen molar-refractivity contribution in [3.8, 4) is 6.07 Å². The lowest BCUT2D eigenvalue weighted by Crippen LogP contribution is -2.40. The molecule has 1 amide bonds. The highest BCUT2D eigenvalue weighted by Gasteiger charge is 2.52. The largest absolute Gasteiger partial charge is 0.379 e. The minimum atomic E-state index is -0.752. The maximum Gasteiger partial charge on any atom is 0.243 e. The summed E-state index contributed by atoms with van der Waals surface area (Å²) in [6, 6.07) is 10.5. The van der Waals surface area contributed by atoms with Crippen molar-refractivity contribution >= 4 is 16.7 Å². The number of nitriles is 1. The van der Waals surface area contributed by atoms with Crippen LogP contribution in [0.4, 0.5) is 0 Å². The van der Waals surface area contributed by atoms with Gasteiger partial charge in [0.2, 0.25) is 5.91 Å². The highest BCUT2D eigenvalue weighted by atomic mass is 16.5. The second-order valence-corrected chi connectivity index (χ2v) is 7.10. The number of ether oxygens (including phenoxy) is 1. The minimum Gasteiger partial charge on any atom is -0.379 e. The van der Waals surface area contributed by atoms with Crippen LogP contribution in [0.1, 0.15) is 18.4 Å². The summed E-state index contributed by atoms with van der Waals surface area (Å²) in [4.78, 5) is 18.8. The van der Waals surface area contributed by atoms with Gasteiger partial charge in [-0.2, -0.15) is 5.26 Å². The molecule has 5 heteroatoms. The smallest absolute Gasteiger partial charge is 0.243 e. The van der Waals surface area contributed by atoms with Gasteiger partial charge in [0.1, 0.15) is 5.41 Å². The first-order valence-electron chi connectivity index (χ1n) is 8.82. The zero-order valence-corrected chi connectivity index (χ0v) is 14.1. The Morgan fingerprint density at radius 3 is 3.08 bits per heavy atom.